The predicted molar refractivity (Wildman–Crippen MR) is 71.5 cm³/mol. The zero-order valence-electron chi connectivity index (χ0n) is 10.9. The fourth-order valence-corrected chi connectivity index (χ4v) is 1.87. The summed E-state index contributed by atoms with van der Waals surface area (Å²) < 4.78 is 11.1. The lowest BCUT2D eigenvalue weighted by molar-refractivity contribution is 0.458. The second-order valence-electron chi connectivity index (χ2n) is 4.68. The van der Waals surface area contributed by atoms with Crippen LogP contribution in [0.3, 0.4) is 0 Å². The van der Waals surface area contributed by atoms with Crippen molar-refractivity contribution in [3.05, 3.63) is 36.4 Å². The molecule has 1 aromatic carbocycles. The molecule has 5 heteroatoms. The minimum Gasteiger partial charge on any atom is -0.463 e. The highest BCUT2D eigenvalue weighted by Crippen LogP contribution is 2.29. The molecule has 19 heavy (non-hydrogen) atoms. The highest BCUT2D eigenvalue weighted by atomic mass is 16.4. The number of para-hydroxylation sites is 1. The third-order valence-electron chi connectivity index (χ3n) is 2.84. The Morgan fingerprint density at radius 1 is 1.21 bits per heavy atom. The molecule has 3 rings (SSSR count). The summed E-state index contributed by atoms with van der Waals surface area (Å²) in [6, 6.07) is 8.16. The summed E-state index contributed by atoms with van der Waals surface area (Å²) in [5.74, 6) is 1.07. The molecule has 0 bridgehead atoms. The van der Waals surface area contributed by atoms with Crippen LogP contribution in [0.5, 0.6) is 0 Å². The smallest absolute Gasteiger partial charge is 0.251 e. The molecule has 0 amide bonds. The van der Waals surface area contributed by atoms with Crippen molar-refractivity contribution in [2.75, 3.05) is 0 Å². The van der Waals surface area contributed by atoms with Crippen molar-refractivity contribution < 1.29 is 8.83 Å². The van der Waals surface area contributed by atoms with Crippen LogP contribution in [0.15, 0.2) is 39.4 Å². The normalized spacial score (nSPS) is 11.5. The first-order valence-electron chi connectivity index (χ1n) is 6.26. The van der Waals surface area contributed by atoms with E-state index in [2.05, 4.69) is 29.4 Å². The van der Waals surface area contributed by atoms with E-state index in [1.165, 1.54) is 0 Å². The Kier molecular flexibility index (Phi) is 3.05. The Labute approximate surface area is 110 Å². The molecule has 2 aromatic heterocycles. The molecular formula is C14H15N3O2. The molecule has 0 fully saturated rings. The van der Waals surface area contributed by atoms with Crippen molar-refractivity contribution in [1.82, 2.24) is 15.5 Å². The Balaban J connectivity index is 1.90. The Morgan fingerprint density at radius 3 is 2.89 bits per heavy atom. The van der Waals surface area contributed by atoms with E-state index in [-0.39, 0.29) is 0 Å². The van der Waals surface area contributed by atoms with Gasteiger partial charge in [-0.2, -0.15) is 0 Å². The Morgan fingerprint density at radius 2 is 2.05 bits per heavy atom. The molecule has 0 aliphatic rings. The van der Waals surface area contributed by atoms with Crippen LogP contribution in [0, 0.1) is 0 Å². The lowest BCUT2D eigenvalue weighted by Gasteiger charge is -2.03. The van der Waals surface area contributed by atoms with Gasteiger partial charge in [-0.05, 0) is 6.07 Å². The SMILES string of the molecule is CC(C)NCc1nnc(-c2coc3ccccc23)o1. The maximum Gasteiger partial charge on any atom is 0.251 e. The molecule has 0 spiro atoms. The van der Waals surface area contributed by atoms with E-state index < -0.39 is 0 Å². The first-order valence-corrected chi connectivity index (χ1v) is 6.26. The third kappa shape index (κ3) is 2.37. The van der Waals surface area contributed by atoms with Gasteiger partial charge in [0.25, 0.3) is 5.89 Å². The number of hydrogen-bond acceptors (Lipinski definition) is 5. The molecular weight excluding hydrogens is 242 g/mol. The van der Waals surface area contributed by atoms with E-state index in [1.54, 1.807) is 6.26 Å². The molecule has 1 N–H and O–H groups in total. The predicted octanol–water partition coefficient (Wildman–Crippen LogP) is 2.98. The fraction of sp³-hybridized carbons (Fsp3) is 0.286. The van der Waals surface area contributed by atoms with Gasteiger partial charge in [-0.15, -0.1) is 10.2 Å². The fourth-order valence-electron chi connectivity index (χ4n) is 1.87. The molecule has 0 atom stereocenters. The van der Waals surface area contributed by atoms with Crippen LogP contribution in [0.4, 0.5) is 0 Å². The summed E-state index contributed by atoms with van der Waals surface area (Å²) in [4.78, 5) is 0. The lowest BCUT2D eigenvalue weighted by Crippen LogP contribution is -2.21. The third-order valence-corrected chi connectivity index (χ3v) is 2.84. The molecule has 0 aliphatic heterocycles. The van der Waals surface area contributed by atoms with E-state index in [4.69, 9.17) is 8.83 Å². The summed E-state index contributed by atoms with van der Waals surface area (Å²) in [7, 11) is 0. The van der Waals surface area contributed by atoms with E-state index in [9.17, 15) is 0 Å². The van der Waals surface area contributed by atoms with E-state index >= 15 is 0 Å². The van der Waals surface area contributed by atoms with Crippen LogP contribution >= 0.6 is 0 Å². The van der Waals surface area contributed by atoms with Crippen molar-refractivity contribution in [2.24, 2.45) is 0 Å². The molecule has 2 heterocycles. The minimum atomic E-state index is 0.380. The quantitative estimate of drug-likeness (QED) is 0.778. The summed E-state index contributed by atoms with van der Waals surface area (Å²) in [6.07, 6.45) is 1.65. The van der Waals surface area contributed by atoms with Crippen LogP contribution in [0.1, 0.15) is 19.7 Å². The van der Waals surface area contributed by atoms with E-state index in [1.807, 2.05) is 24.3 Å². The second-order valence-corrected chi connectivity index (χ2v) is 4.68. The number of rotatable bonds is 4. The van der Waals surface area contributed by atoms with Crippen molar-refractivity contribution in [2.45, 2.75) is 26.4 Å². The largest absolute Gasteiger partial charge is 0.463 e. The number of nitrogens with one attached hydrogen (secondary N) is 1. The number of furan rings is 1. The second kappa shape index (κ2) is 4.85. The Bertz CT molecular complexity index is 685. The summed E-state index contributed by atoms with van der Waals surface area (Å²) >= 11 is 0. The van der Waals surface area contributed by atoms with Crippen LogP contribution in [-0.4, -0.2) is 16.2 Å². The lowest BCUT2D eigenvalue weighted by atomic mass is 10.2. The van der Waals surface area contributed by atoms with Gasteiger partial charge in [-0.25, -0.2) is 0 Å². The molecule has 5 nitrogen and oxygen atoms in total. The number of nitrogens with zero attached hydrogens (tertiary/aromatic N) is 2. The maximum atomic E-state index is 5.64. The zero-order valence-corrected chi connectivity index (χ0v) is 10.9. The summed E-state index contributed by atoms with van der Waals surface area (Å²) in [5, 5.41) is 12.3. The van der Waals surface area contributed by atoms with Gasteiger partial charge in [0.1, 0.15) is 11.8 Å². The number of aromatic nitrogens is 2. The average molecular weight is 257 g/mol. The van der Waals surface area contributed by atoms with Crippen LogP contribution in [0.2, 0.25) is 0 Å². The van der Waals surface area contributed by atoms with Crippen molar-refractivity contribution >= 4 is 11.0 Å². The van der Waals surface area contributed by atoms with E-state index in [0.717, 1.165) is 16.5 Å². The maximum absolute atomic E-state index is 5.64. The number of benzene rings is 1. The van der Waals surface area contributed by atoms with Crippen LogP contribution in [0.25, 0.3) is 22.4 Å². The first-order chi connectivity index (χ1) is 9.24. The molecule has 3 aromatic rings. The molecule has 0 saturated heterocycles. The monoisotopic (exact) mass is 257 g/mol. The Hall–Kier alpha value is -2.14. The van der Waals surface area contributed by atoms with Gasteiger partial charge in [0, 0.05) is 11.4 Å². The van der Waals surface area contributed by atoms with Crippen LogP contribution in [-0.2, 0) is 6.54 Å². The first kappa shape index (κ1) is 11.9. The van der Waals surface area contributed by atoms with Crippen molar-refractivity contribution in [3.63, 3.8) is 0 Å². The average Bonchev–Trinajstić information content (AvgIpc) is 3.02. The summed E-state index contributed by atoms with van der Waals surface area (Å²) in [5.41, 5.74) is 1.65. The van der Waals surface area contributed by atoms with Crippen molar-refractivity contribution in [1.29, 1.82) is 0 Å². The molecule has 0 unspecified atom stereocenters. The topological polar surface area (TPSA) is 64.1 Å². The standard InChI is InChI=1S/C14H15N3O2/c1-9(2)15-7-13-16-17-14(19-13)11-8-18-12-6-4-3-5-10(11)12/h3-6,8-9,15H,7H2,1-2H3. The van der Waals surface area contributed by atoms with Crippen molar-refractivity contribution in [3.8, 4) is 11.5 Å². The van der Waals surface area contributed by atoms with E-state index in [0.29, 0.717) is 24.4 Å². The highest BCUT2D eigenvalue weighted by Gasteiger charge is 2.14. The van der Waals surface area contributed by atoms with Gasteiger partial charge >= 0.3 is 0 Å². The van der Waals surface area contributed by atoms with Gasteiger partial charge in [0.2, 0.25) is 5.89 Å². The van der Waals surface area contributed by atoms with Gasteiger partial charge in [0.05, 0.1) is 12.1 Å². The van der Waals surface area contributed by atoms with Gasteiger partial charge < -0.3 is 14.2 Å². The molecule has 0 saturated carbocycles. The molecule has 0 aliphatic carbocycles. The number of fused-ring (bicyclic) bond motifs is 1. The van der Waals surface area contributed by atoms with Gasteiger partial charge in [0.15, 0.2) is 0 Å². The minimum absolute atomic E-state index is 0.380. The van der Waals surface area contributed by atoms with Gasteiger partial charge in [-0.1, -0.05) is 32.0 Å². The van der Waals surface area contributed by atoms with Crippen LogP contribution < -0.4 is 5.32 Å². The van der Waals surface area contributed by atoms with Gasteiger partial charge in [-0.3, -0.25) is 0 Å². The zero-order chi connectivity index (χ0) is 13.2. The molecule has 0 radical (unpaired) electrons. The highest BCUT2D eigenvalue weighted by molar-refractivity contribution is 5.91. The molecule has 98 valence electrons. The number of hydrogen-bond donors (Lipinski definition) is 1. The summed E-state index contributed by atoms with van der Waals surface area (Å²) in [6.45, 7) is 4.71.